The molecule has 3 fully saturated rings. The van der Waals surface area contributed by atoms with E-state index in [0.717, 1.165) is 44.2 Å². The van der Waals surface area contributed by atoms with E-state index in [0.29, 0.717) is 12.5 Å². The number of rotatable bonds is 4. The lowest BCUT2D eigenvalue weighted by molar-refractivity contribution is -0.135. The van der Waals surface area contributed by atoms with Crippen molar-refractivity contribution in [2.45, 2.75) is 38.8 Å². The van der Waals surface area contributed by atoms with Crippen molar-refractivity contribution in [3.63, 3.8) is 0 Å². The van der Waals surface area contributed by atoms with Crippen LogP contribution in [0, 0.1) is 5.92 Å². The predicted molar refractivity (Wildman–Crippen MR) is 94.1 cm³/mol. The van der Waals surface area contributed by atoms with Crippen LogP contribution in [0.1, 0.15) is 25.6 Å². The van der Waals surface area contributed by atoms with Gasteiger partial charge in [-0.25, -0.2) is 15.0 Å². The normalized spacial score (nSPS) is 22.9. The Balaban J connectivity index is 1.49. The molecule has 2 aromatic rings. The number of fused-ring (bicyclic) bond motifs is 4. The molecule has 5 rings (SSSR count). The van der Waals surface area contributed by atoms with Gasteiger partial charge in [0.15, 0.2) is 0 Å². The van der Waals surface area contributed by atoms with Gasteiger partial charge in [0.1, 0.15) is 12.4 Å². The molecule has 2 atom stereocenters. The molecule has 1 amide bonds. The summed E-state index contributed by atoms with van der Waals surface area (Å²) >= 11 is 0. The molecule has 0 radical (unpaired) electrons. The van der Waals surface area contributed by atoms with E-state index in [1.54, 1.807) is 18.6 Å². The first kappa shape index (κ1) is 16.1. The van der Waals surface area contributed by atoms with Crippen LogP contribution in [0.5, 0.6) is 0 Å². The van der Waals surface area contributed by atoms with Crippen LogP contribution in [0.15, 0.2) is 30.9 Å². The molecule has 0 aliphatic carbocycles. The van der Waals surface area contributed by atoms with E-state index >= 15 is 0 Å². The number of imidazole rings is 1. The first-order valence-corrected chi connectivity index (χ1v) is 9.06. The number of aromatic nitrogens is 4. The maximum Gasteiger partial charge on any atom is 0.242 e. The third-order valence-electron chi connectivity index (χ3n) is 5.29. The van der Waals surface area contributed by atoms with Gasteiger partial charge in [-0.3, -0.25) is 4.79 Å². The van der Waals surface area contributed by atoms with Crippen LogP contribution in [0.4, 0.5) is 5.95 Å². The van der Waals surface area contributed by atoms with Gasteiger partial charge in [-0.05, 0) is 24.8 Å². The zero-order chi connectivity index (χ0) is 17.2. The largest absolute Gasteiger partial charge is 0.338 e. The summed E-state index contributed by atoms with van der Waals surface area (Å²) in [5, 5.41) is 0. The van der Waals surface area contributed by atoms with Gasteiger partial charge in [-0.15, -0.1) is 0 Å². The van der Waals surface area contributed by atoms with Crippen LogP contribution < -0.4 is 4.90 Å². The molecule has 2 bridgehead atoms. The number of hydrogen-bond acceptors (Lipinski definition) is 5. The minimum Gasteiger partial charge on any atom is -0.338 e. The Morgan fingerprint density at radius 1 is 1.12 bits per heavy atom. The minimum absolute atomic E-state index is 0.193. The fraction of sp³-hybridized carbons (Fsp3) is 0.556. The van der Waals surface area contributed by atoms with E-state index in [1.807, 2.05) is 16.8 Å². The summed E-state index contributed by atoms with van der Waals surface area (Å²) in [6.45, 7) is 5.03. The fourth-order valence-corrected chi connectivity index (χ4v) is 4.04. The summed E-state index contributed by atoms with van der Waals surface area (Å²) in [7, 11) is 0. The standard InChI is InChI=1S/C18H24N6O/c1-2-16-19-8-9-22(16)13-17(25)24-11-14-4-5-15(24)12-23(10-14)18-20-6-3-7-21-18/h3,6-9,14-15H,2,4-5,10-13H2,1H3/t14-,15+/m1/s1. The highest BCUT2D eigenvalue weighted by atomic mass is 16.2. The Morgan fingerprint density at radius 2 is 1.96 bits per heavy atom. The van der Waals surface area contributed by atoms with Crippen LogP contribution in [-0.4, -0.2) is 56.0 Å². The zero-order valence-corrected chi connectivity index (χ0v) is 14.6. The maximum absolute atomic E-state index is 12.9. The van der Waals surface area contributed by atoms with Crippen molar-refractivity contribution in [3.8, 4) is 0 Å². The number of carbonyl (C=O) groups excluding carboxylic acids is 1. The van der Waals surface area contributed by atoms with Crippen molar-refractivity contribution in [2.24, 2.45) is 5.92 Å². The maximum atomic E-state index is 12.9. The second-order valence-electron chi connectivity index (χ2n) is 6.92. The van der Waals surface area contributed by atoms with Crippen LogP contribution in [0.3, 0.4) is 0 Å². The van der Waals surface area contributed by atoms with Crippen molar-refractivity contribution >= 4 is 11.9 Å². The molecule has 5 heterocycles. The van der Waals surface area contributed by atoms with Crippen molar-refractivity contribution in [1.82, 2.24) is 24.4 Å². The average Bonchev–Trinajstić information content (AvgIpc) is 2.89. The Kier molecular flexibility index (Phi) is 4.38. The molecule has 0 aromatic carbocycles. The second kappa shape index (κ2) is 6.82. The molecule has 0 N–H and O–H groups in total. The lowest BCUT2D eigenvalue weighted by Gasteiger charge is -2.36. The van der Waals surface area contributed by atoms with Crippen molar-refractivity contribution in [2.75, 3.05) is 24.5 Å². The lowest BCUT2D eigenvalue weighted by atomic mass is 9.95. The molecule has 132 valence electrons. The Labute approximate surface area is 147 Å². The number of nitrogens with zero attached hydrogens (tertiary/aromatic N) is 6. The molecule has 3 aliphatic rings. The molecular formula is C18H24N6O. The Bertz CT molecular complexity index is 730. The topological polar surface area (TPSA) is 67.2 Å². The van der Waals surface area contributed by atoms with E-state index in [-0.39, 0.29) is 11.9 Å². The summed E-state index contributed by atoms with van der Waals surface area (Å²) in [6.07, 6.45) is 10.3. The molecule has 3 aliphatic heterocycles. The summed E-state index contributed by atoms with van der Waals surface area (Å²) in [6, 6.07) is 2.08. The van der Waals surface area contributed by atoms with E-state index < -0.39 is 0 Å². The van der Waals surface area contributed by atoms with Gasteiger partial charge in [0.2, 0.25) is 11.9 Å². The first-order valence-electron chi connectivity index (χ1n) is 9.06. The molecule has 2 aromatic heterocycles. The highest BCUT2D eigenvalue weighted by Crippen LogP contribution is 2.29. The van der Waals surface area contributed by atoms with Gasteiger partial charge < -0.3 is 14.4 Å². The van der Waals surface area contributed by atoms with E-state index in [4.69, 9.17) is 0 Å². The first-order chi connectivity index (χ1) is 12.2. The van der Waals surface area contributed by atoms with Gasteiger partial charge in [0.05, 0.1) is 0 Å². The zero-order valence-electron chi connectivity index (χ0n) is 14.6. The van der Waals surface area contributed by atoms with Crippen molar-refractivity contribution in [3.05, 3.63) is 36.7 Å². The highest BCUT2D eigenvalue weighted by molar-refractivity contribution is 5.76. The summed E-state index contributed by atoms with van der Waals surface area (Å²) in [5.74, 6) is 2.42. The molecule has 0 unspecified atom stereocenters. The van der Waals surface area contributed by atoms with Gasteiger partial charge in [0, 0.05) is 56.9 Å². The van der Waals surface area contributed by atoms with E-state index in [1.165, 1.54) is 6.42 Å². The quantitative estimate of drug-likeness (QED) is 0.841. The monoisotopic (exact) mass is 340 g/mol. The van der Waals surface area contributed by atoms with Gasteiger partial charge in [-0.1, -0.05) is 6.92 Å². The van der Waals surface area contributed by atoms with Gasteiger partial charge in [0.25, 0.3) is 0 Å². The van der Waals surface area contributed by atoms with Crippen LogP contribution in [-0.2, 0) is 17.8 Å². The average molecular weight is 340 g/mol. The summed E-state index contributed by atoms with van der Waals surface area (Å²) in [5.41, 5.74) is 0. The summed E-state index contributed by atoms with van der Waals surface area (Å²) < 4.78 is 1.97. The third-order valence-corrected chi connectivity index (χ3v) is 5.29. The van der Waals surface area contributed by atoms with E-state index in [2.05, 4.69) is 31.7 Å². The van der Waals surface area contributed by atoms with Crippen molar-refractivity contribution in [1.29, 1.82) is 0 Å². The Morgan fingerprint density at radius 3 is 2.76 bits per heavy atom. The lowest BCUT2D eigenvalue weighted by Crippen LogP contribution is -2.48. The minimum atomic E-state index is 0.193. The van der Waals surface area contributed by atoms with E-state index in [9.17, 15) is 4.79 Å². The second-order valence-corrected chi connectivity index (χ2v) is 6.92. The third kappa shape index (κ3) is 3.23. The number of piperidine rings is 1. The van der Waals surface area contributed by atoms with Gasteiger partial charge >= 0.3 is 0 Å². The smallest absolute Gasteiger partial charge is 0.242 e. The number of amides is 1. The highest BCUT2D eigenvalue weighted by Gasteiger charge is 2.37. The molecule has 7 nitrogen and oxygen atoms in total. The summed E-state index contributed by atoms with van der Waals surface area (Å²) in [4.78, 5) is 30.4. The molecule has 3 saturated heterocycles. The number of carbonyl (C=O) groups is 1. The van der Waals surface area contributed by atoms with Crippen molar-refractivity contribution < 1.29 is 4.79 Å². The molecule has 7 heteroatoms. The van der Waals surface area contributed by atoms with Crippen LogP contribution in [0.2, 0.25) is 0 Å². The van der Waals surface area contributed by atoms with Gasteiger partial charge in [-0.2, -0.15) is 0 Å². The number of anilines is 1. The van der Waals surface area contributed by atoms with Crippen LogP contribution >= 0.6 is 0 Å². The molecule has 0 spiro atoms. The molecule has 25 heavy (non-hydrogen) atoms. The SMILES string of the molecule is CCc1nccn1CC(=O)N1C[C@@H]2CC[C@H]1CN(c1ncccn1)C2. The number of hydrogen-bond donors (Lipinski definition) is 0. The number of aryl methyl sites for hydroxylation is 1. The predicted octanol–water partition coefficient (Wildman–Crippen LogP) is 1.36. The molecular weight excluding hydrogens is 316 g/mol. The Hall–Kier alpha value is -2.44. The fourth-order valence-electron chi connectivity index (χ4n) is 4.04. The van der Waals surface area contributed by atoms with Crippen LogP contribution in [0.25, 0.3) is 0 Å². The molecule has 0 saturated carbocycles.